The molecular weight excluding hydrogens is 403 g/mol. The average Bonchev–Trinajstić information content (AvgIpc) is 2.97. The fraction of sp³-hybridized carbons (Fsp3) is 0.708. The van der Waals surface area contributed by atoms with Gasteiger partial charge in [0.25, 0.3) is 0 Å². The third-order valence-electron chi connectivity index (χ3n) is 6.23. The van der Waals surface area contributed by atoms with Crippen molar-refractivity contribution in [3.05, 3.63) is 30.1 Å². The molecule has 0 radical (unpaired) electrons. The smallest absolute Gasteiger partial charge is 0.302 e. The Labute approximate surface area is 184 Å². The molecule has 170 valence electrons. The number of aliphatic hydroxyl groups is 2. The summed E-state index contributed by atoms with van der Waals surface area (Å²) in [6.45, 7) is 4.15. The molecule has 1 aliphatic rings. The summed E-state index contributed by atoms with van der Waals surface area (Å²) in [6.07, 6.45) is 6.75. The van der Waals surface area contributed by atoms with Crippen molar-refractivity contribution >= 4 is 17.7 Å². The third kappa shape index (κ3) is 8.56. The van der Waals surface area contributed by atoms with E-state index >= 15 is 0 Å². The van der Waals surface area contributed by atoms with Crippen molar-refractivity contribution in [1.29, 1.82) is 0 Å². The van der Waals surface area contributed by atoms with Gasteiger partial charge in [0.15, 0.2) is 0 Å². The predicted molar refractivity (Wildman–Crippen MR) is 119 cm³/mol. The third-order valence-corrected chi connectivity index (χ3v) is 7.42. The van der Waals surface area contributed by atoms with Gasteiger partial charge < -0.3 is 14.9 Å². The molecule has 1 aromatic rings. The first-order valence-electron chi connectivity index (χ1n) is 11.2. The van der Waals surface area contributed by atoms with Crippen LogP contribution in [-0.2, 0) is 9.53 Å². The van der Waals surface area contributed by atoms with Crippen molar-refractivity contribution < 1.29 is 24.1 Å². The number of hydrogen-bond acceptors (Lipinski definition) is 5. The highest BCUT2D eigenvalue weighted by Gasteiger charge is 2.39. The Morgan fingerprint density at radius 2 is 1.93 bits per heavy atom. The van der Waals surface area contributed by atoms with Crippen LogP contribution >= 0.6 is 11.8 Å². The van der Waals surface area contributed by atoms with Gasteiger partial charge in [-0.15, -0.1) is 11.8 Å². The molecule has 4 nitrogen and oxygen atoms in total. The molecule has 1 aromatic carbocycles. The lowest BCUT2D eigenvalue weighted by Gasteiger charge is -2.25. The first kappa shape index (κ1) is 25.2. The fourth-order valence-corrected chi connectivity index (χ4v) is 5.53. The Bertz CT molecular complexity index is 641. The Kier molecular flexibility index (Phi) is 11.2. The summed E-state index contributed by atoms with van der Waals surface area (Å²) in [6, 6.07) is 6.64. The number of carbonyl (C=O) groups excluding carboxylic acids is 1. The van der Waals surface area contributed by atoms with Crippen molar-refractivity contribution in [3.8, 4) is 0 Å². The van der Waals surface area contributed by atoms with Crippen LogP contribution in [0.3, 0.4) is 0 Å². The minimum atomic E-state index is -0.500. The SMILES string of the molecule is CC(=O)OCCCCCC[C@@H]1[C@@H](CC[C@@H](O)CSc2ccccc2F)[C@H](O)C[C@@H]1C. The molecule has 0 spiro atoms. The summed E-state index contributed by atoms with van der Waals surface area (Å²) >= 11 is 1.35. The number of carbonyl (C=O) groups is 1. The Morgan fingerprint density at radius 3 is 2.67 bits per heavy atom. The highest BCUT2D eigenvalue weighted by molar-refractivity contribution is 7.99. The Hall–Kier alpha value is -1.11. The summed E-state index contributed by atoms with van der Waals surface area (Å²) in [5, 5.41) is 20.9. The van der Waals surface area contributed by atoms with E-state index in [1.54, 1.807) is 18.2 Å². The summed E-state index contributed by atoms with van der Waals surface area (Å²) in [4.78, 5) is 11.3. The van der Waals surface area contributed by atoms with Gasteiger partial charge in [0, 0.05) is 17.6 Å². The molecular formula is C24H37FO4S. The molecule has 1 fully saturated rings. The molecule has 0 unspecified atom stereocenters. The van der Waals surface area contributed by atoms with Gasteiger partial charge in [-0.25, -0.2) is 4.39 Å². The molecule has 0 aliphatic heterocycles. The quantitative estimate of drug-likeness (QED) is 0.251. The van der Waals surface area contributed by atoms with Gasteiger partial charge in [0.05, 0.1) is 18.8 Å². The van der Waals surface area contributed by atoms with Gasteiger partial charge >= 0.3 is 5.97 Å². The highest BCUT2D eigenvalue weighted by Crippen LogP contribution is 2.43. The van der Waals surface area contributed by atoms with E-state index in [4.69, 9.17) is 4.74 Å². The maximum absolute atomic E-state index is 13.7. The van der Waals surface area contributed by atoms with E-state index in [0.717, 1.165) is 44.9 Å². The molecule has 2 N–H and O–H groups in total. The zero-order valence-electron chi connectivity index (χ0n) is 18.3. The lowest BCUT2D eigenvalue weighted by molar-refractivity contribution is -0.141. The first-order valence-corrected chi connectivity index (χ1v) is 12.2. The van der Waals surface area contributed by atoms with Crippen LogP contribution in [0.25, 0.3) is 0 Å². The summed E-state index contributed by atoms with van der Waals surface area (Å²) in [5.41, 5.74) is 0. The van der Waals surface area contributed by atoms with E-state index in [1.807, 2.05) is 0 Å². The molecule has 30 heavy (non-hydrogen) atoms. The fourth-order valence-electron chi connectivity index (χ4n) is 4.61. The summed E-state index contributed by atoms with van der Waals surface area (Å²) in [7, 11) is 0. The maximum atomic E-state index is 13.7. The van der Waals surface area contributed by atoms with E-state index in [0.29, 0.717) is 35.5 Å². The minimum Gasteiger partial charge on any atom is -0.466 e. The van der Waals surface area contributed by atoms with Crippen LogP contribution < -0.4 is 0 Å². The molecule has 6 heteroatoms. The van der Waals surface area contributed by atoms with Crippen molar-refractivity contribution in [3.63, 3.8) is 0 Å². The average molecular weight is 441 g/mol. The van der Waals surface area contributed by atoms with Crippen LogP contribution in [0.15, 0.2) is 29.2 Å². The van der Waals surface area contributed by atoms with Gasteiger partial charge in [-0.1, -0.05) is 38.3 Å². The van der Waals surface area contributed by atoms with E-state index < -0.39 is 6.10 Å². The second-order valence-corrected chi connectivity index (χ2v) is 9.69. The normalized spacial score (nSPS) is 24.7. The van der Waals surface area contributed by atoms with Crippen LogP contribution in [0.2, 0.25) is 0 Å². The van der Waals surface area contributed by atoms with Crippen LogP contribution in [0, 0.1) is 23.6 Å². The Balaban J connectivity index is 1.69. The number of unbranched alkanes of at least 4 members (excludes halogenated alkanes) is 3. The highest BCUT2D eigenvalue weighted by atomic mass is 32.2. The number of ether oxygens (including phenoxy) is 1. The van der Waals surface area contributed by atoms with Crippen molar-refractivity contribution in [2.75, 3.05) is 12.4 Å². The van der Waals surface area contributed by atoms with Gasteiger partial charge in [-0.05, 0) is 62.0 Å². The molecule has 5 atom stereocenters. The van der Waals surface area contributed by atoms with Crippen molar-refractivity contribution in [2.24, 2.45) is 17.8 Å². The van der Waals surface area contributed by atoms with Crippen LogP contribution in [0.1, 0.15) is 65.2 Å². The molecule has 1 aliphatic carbocycles. The van der Waals surface area contributed by atoms with Gasteiger partial charge in [0.1, 0.15) is 5.82 Å². The summed E-state index contributed by atoms with van der Waals surface area (Å²) < 4.78 is 18.7. The van der Waals surface area contributed by atoms with E-state index in [2.05, 4.69) is 6.92 Å². The van der Waals surface area contributed by atoms with Crippen LogP contribution in [-0.4, -0.2) is 40.8 Å². The molecule has 2 rings (SSSR count). The number of hydrogen-bond donors (Lipinski definition) is 2. The number of rotatable bonds is 13. The molecule has 0 saturated heterocycles. The lowest BCUT2D eigenvalue weighted by Crippen LogP contribution is -2.23. The monoisotopic (exact) mass is 440 g/mol. The van der Waals surface area contributed by atoms with Gasteiger partial charge in [0.2, 0.25) is 0 Å². The van der Waals surface area contributed by atoms with Crippen LogP contribution in [0.4, 0.5) is 4.39 Å². The number of thioether (sulfide) groups is 1. The second-order valence-electron chi connectivity index (χ2n) is 8.62. The molecule has 0 aromatic heterocycles. The number of esters is 1. The van der Waals surface area contributed by atoms with Crippen molar-refractivity contribution in [1.82, 2.24) is 0 Å². The largest absolute Gasteiger partial charge is 0.466 e. The Morgan fingerprint density at radius 1 is 1.20 bits per heavy atom. The lowest BCUT2D eigenvalue weighted by atomic mass is 9.82. The molecule has 0 heterocycles. The zero-order chi connectivity index (χ0) is 21.9. The van der Waals surface area contributed by atoms with Gasteiger partial charge in [-0.3, -0.25) is 4.79 Å². The number of halogens is 1. The molecule has 0 amide bonds. The van der Waals surface area contributed by atoms with E-state index in [-0.39, 0.29) is 23.8 Å². The minimum absolute atomic E-state index is 0.221. The second kappa shape index (κ2) is 13.3. The topological polar surface area (TPSA) is 66.8 Å². The standard InChI is InChI=1S/C24H37FO4S/c1-17-15-23(28)21(20(17)9-5-3-4-8-14-29-18(2)26)13-12-19(27)16-30-24-11-7-6-10-22(24)25/h6-7,10-11,17,19-21,23,27-28H,3-5,8-9,12-16H2,1-2H3/t17-,19+,20-,21+,23+/m0/s1. The number of benzene rings is 1. The summed E-state index contributed by atoms with van der Waals surface area (Å²) in [5.74, 6) is 1.21. The first-order chi connectivity index (χ1) is 14.4. The maximum Gasteiger partial charge on any atom is 0.302 e. The predicted octanol–water partition coefficient (Wildman–Crippen LogP) is 5.21. The van der Waals surface area contributed by atoms with Crippen LogP contribution in [0.5, 0.6) is 0 Å². The zero-order valence-corrected chi connectivity index (χ0v) is 19.1. The van der Waals surface area contributed by atoms with E-state index in [9.17, 15) is 19.4 Å². The molecule has 1 saturated carbocycles. The van der Waals surface area contributed by atoms with Crippen molar-refractivity contribution in [2.45, 2.75) is 82.3 Å². The van der Waals surface area contributed by atoms with Gasteiger partial charge in [-0.2, -0.15) is 0 Å². The van der Waals surface area contributed by atoms with E-state index in [1.165, 1.54) is 24.8 Å². The number of aliphatic hydroxyl groups excluding tert-OH is 2. The molecule has 0 bridgehead atoms.